The highest BCUT2D eigenvalue weighted by atomic mass is 127. The molecule has 0 saturated heterocycles. The number of aromatic hydroxyl groups is 2. The molecule has 2 rings (SSSR count). The topological polar surface area (TPSA) is 52.5 Å². The van der Waals surface area contributed by atoms with Gasteiger partial charge in [-0.3, -0.25) is 0 Å². The van der Waals surface area contributed by atoms with Crippen LogP contribution in [0.3, 0.4) is 0 Å². The molecule has 0 atom stereocenters. The maximum Gasteiger partial charge on any atom is 0.157 e. The smallest absolute Gasteiger partial charge is 0.157 e. The van der Waals surface area contributed by atoms with Gasteiger partial charge in [-0.2, -0.15) is 0 Å². The summed E-state index contributed by atoms with van der Waals surface area (Å²) >= 11 is 8.29. The standard InChI is InChI=1S/C13H11ClINO2/c14-10-6-9(15)2-3-11(10)16-7-8-1-4-12(17)13(18)5-8/h1-6,16-18H,7H2. The van der Waals surface area contributed by atoms with Crippen LogP contribution < -0.4 is 5.32 Å². The molecule has 94 valence electrons. The minimum absolute atomic E-state index is 0.119. The van der Waals surface area contributed by atoms with E-state index in [2.05, 4.69) is 27.9 Å². The fourth-order valence-corrected chi connectivity index (χ4v) is 2.43. The minimum atomic E-state index is -0.122. The Labute approximate surface area is 124 Å². The number of hydrogen-bond acceptors (Lipinski definition) is 3. The van der Waals surface area contributed by atoms with Crippen LogP contribution in [0.5, 0.6) is 11.5 Å². The van der Waals surface area contributed by atoms with Crippen LogP contribution in [0.2, 0.25) is 5.02 Å². The van der Waals surface area contributed by atoms with Crippen molar-refractivity contribution >= 4 is 39.9 Å². The highest BCUT2D eigenvalue weighted by Gasteiger charge is 2.03. The zero-order valence-electron chi connectivity index (χ0n) is 9.32. The van der Waals surface area contributed by atoms with Gasteiger partial charge in [0, 0.05) is 10.1 Å². The molecule has 0 saturated carbocycles. The van der Waals surface area contributed by atoms with E-state index >= 15 is 0 Å². The minimum Gasteiger partial charge on any atom is -0.504 e. The molecule has 3 nitrogen and oxygen atoms in total. The Balaban J connectivity index is 2.09. The molecule has 3 N–H and O–H groups in total. The van der Waals surface area contributed by atoms with Gasteiger partial charge in [-0.15, -0.1) is 0 Å². The number of hydrogen-bond donors (Lipinski definition) is 3. The highest BCUT2D eigenvalue weighted by molar-refractivity contribution is 14.1. The van der Waals surface area contributed by atoms with Gasteiger partial charge in [0.15, 0.2) is 11.5 Å². The van der Waals surface area contributed by atoms with E-state index in [1.54, 1.807) is 6.07 Å². The number of phenolic OH excluding ortho intramolecular Hbond substituents is 2. The summed E-state index contributed by atoms with van der Waals surface area (Å²) in [5.41, 5.74) is 1.70. The summed E-state index contributed by atoms with van der Waals surface area (Å²) in [6.07, 6.45) is 0. The van der Waals surface area contributed by atoms with E-state index in [0.29, 0.717) is 11.6 Å². The summed E-state index contributed by atoms with van der Waals surface area (Å²) < 4.78 is 1.07. The van der Waals surface area contributed by atoms with E-state index in [1.165, 1.54) is 12.1 Å². The van der Waals surface area contributed by atoms with Gasteiger partial charge in [0.1, 0.15) is 0 Å². The van der Waals surface area contributed by atoms with Crippen LogP contribution in [-0.2, 0) is 6.54 Å². The molecule has 0 amide bonds. The Kier molecular flexibility index (Phi) is 4.19. The number of anilines is 1. The van der Waals surface area contributed by atoms with E-state index in [4.69, 9.17) is 11.6 Å². The maximum atomic E-state index is 9.38. The van der Waals surface area contributed by atoms with E-state index in [0.717, 1.165) is 14.8 Å². The molecule has 0 fully saturated rings. The summed E-state index contributed by atoms with van der Waals surface area (Å²) in [6.45, 7) is 0.522. The van der Waals surface area contributed by atoms with Crippen LogP contribution in [0.15, 0.2) is 36.4 Å². The second-order valence-corrected chi connectivity index (χ2v) is 5.45. The van der Waals surface area contributed by atoms with Crippen LogP contribution in [0, 0.1) is 3.57 Å². The monoisotopic (exact) mass is 375 g/mol. The number of nitrogens with one attached hydrogen (secondary N) is 1. The zero-order valence-corrected chi connectivity index (χ0v) is 12.2. The van der Waals surface area contributed by atoms with E-state index in [9.17, 15) is 10.2 Å². The van der Waals surface area contributed by atoms with Gasteiger partial charge in [0.05, 0.1) is 10.7 Å². The van der Waals surface area contributed by atoms with Crippen molar-refractivity contribution in [1.29, 1.82) is 0 Å². The van der Waals surface area contributed by atoms with Crippen molar-refractivity contribution in [1.82, 2.24) is 0 Å². The Bertz CT molecular complexity index is 575. The summed E-state index contributed by atoms with van der Waals surface area (Å²) in [4.78, 5) is 0. The molecule has 0 aliphatic rings. The maximum absolute atomic E-state index is 9.38. The largest absolute Gasteiger partial charge is 0.504 e. The average molecular weight is 376 g/mol. The second kappa shape index (κ2) is 5.67. The molecule has 0 radical (unpaired) electrons. The third-order valence-electron chi connectivity index (χ3n) is 2.45. The van der Waals surface area contributed by atoms with Crippen molar-refractivity contribution in [2.75, 3.05) is 5.32 Å². The lowest BCUT2D eigenvalue weighted by Crippen LogP contribution is -1.99. The molecular weight excluding hydrogens is 365 g/mol. The molecule has 5 heteroatoms. The van der Waals surface area contributed by atoms with Crippen LogP contribution in [0.1, 0.15) is 5.56 Å². The lowest BCUT2D eigenvalue weighted by atomic mass is 10.2. The Morgan fingerprint density at radius 1 is 1.06 bits per heavy atom. The predicted octanol–water partition coefficient (Wildman–Crippen LogP) is 3.97. The molecule has 0 aliphatic carbocycles. The predicted molar refractivity (Wildman–Crippen MR) is 81.3 cm³/mol. The van der Waals surface area contributed by atoms with Gasteiger partial charge in [-0.25, -0.2) is 0 Å². The van der Waals surface area contributed by atoms with Crippen LogP contribution in [0.25, 0.3) is 0 Å². The molecule has 0 heterocycles. The molecule has 0 unspecified atom stereocenters. The third kappa shape index (κ3) is 3.20. The Morgan fingerprint density at radius 3 is 2.50 bits per heavy atom. The van der Waals surface area contributed by atoms with Crippen LogP contribution in [-0.4, -0.2) is 10.2 Å². The van der Waals surface area contributed by atoms with E-state index in [-0.39, 0.29) is 11.5 Å². The van der Waals surface area contributed by atoms with Gasteiger partial charge >= 0.3 is 0 Å². The van der Waals surface area contributed by atoms with Gasteiger partial charge < -0.3 is 15.5 Å². The van der Waals surface area contributed by atoms with E-state index < -0.39 is 0 Å². The van der Waals surface area contributed by atoms with Crippen LogP contribution >= 0.6 is 34.2 Å². The van der Waals surface area contributed by atoms with Crippen molar-refractivity contribution < 1.29 is 10.2 Å². The summed E-state index contributed by atoms with van der Waals surface area (Å²) in [5.74, 6) is -0.242. The molecule has 0 aliphatic heterocycles. The first-order chi connectivity index (χ1) is 8.56. The molecule has 0 aromatic heterocycles. The summed E-state index contributed by atoms with van der Waals surface area (Å²) in [5, 5.41) is 22.4. The first kappa shape index (κ1) is 13.3. The first-order valence-electron chi connectivity index (χ1n) is 5.26. The van der Waals surface area contributed by atoms with Crippen LogP contribution in [0.4, 0.5) is 5.69 Å². The second-order valence-electron chi connectivity index (χ2n) is 3.80. The van der Waals surface area contributed by atoms with Gasteiger partial charge in [-0.1, -0.05) is 17.7 Å². The SMILES string of the molecule is Oc1ccc(CNc2ccc(I)cc2Cl)cc1O. The quantitative estimate of drug-likeness (QED) is 0.562. The van der Waals surface area contributed by atoms with Gasteiger partial charge in [0.25, 0.3) is 0 Å². The van der Waals surface area contributed by atoms with Crippen molar-refractivity contribution in [3.63, 3.8) is 0 Å². The summed E-state index contributed by atoms with van der Waals surface area (Å²) in [7, 11) is 0. The van der Waals surface area contributed by atoms with Crippen molar-refractivity contribution in [3.05, 3.63) is 50.6 Å². The Hall–Kier alpha value is -1.14. The van der Waals surface area contributed by atoms with E-state index in [1.807, 2.05) is 18.2 Å². The van der Waals surface area contributed by atoms with Crippen molar-refractivity contribution in [2.24, 2.45) is 0 Å². The lowest BCUT2D eigenvalue weighted by molar-refractivity contribution is 0.403. The molecule has 0 spiro atoms. The van der Waals surface area contributed by atoms with Gasteiger partial charge in [-0.05, 0) is 58.5 Å². The molecule has 2 aromatic rings. The number of benzene rings is 2. The molecule has 0 bridgehead atoms. The zero-order chi connectivity index (χ0) is 13.1. The fourth-order valence-electron chi connectivity index (χ4n) is 1.51. The third-order valence-corrected chi connectivity index (χ3v) is 3.44. The normalized spacial score (nSPS) is 10.3. The lowest BCUT2D eigenvalue weighted by Gasteiger charge is -2.09. The number of halogens is 2. The first-order valence-corrected chi connectivity index (χ1v) is 6.72. The number of rotatable bonds is 3. The highest BCUT2D eigenvalue weighted by Crippen LogP contribution is 2.27. The molecule has 2 aromatic carbocycles. The van der Waals surface area contributed by atoms with Crippen molar-refractivity contribution in [3.8, 4) is 11.5 Å². The summed E-state index contributed by atoms with van der Waals surface area (Å²) in [6, 6.07) is 10.5. The van der Waals surface area contributed by atoms with Crippen molar-refractivity contribution in [2.45, 2.75) is 6.54 Å². The number of phenols is 2. The van der Waals surface area contributed by atoms with Gasteiger partial charge in [0.2, 0.25) is 0 Å². The molecular formula is C13H11ClINO2. The average Bonchev–Trinajstić information content (AvgIpc) is 2.32. The Morgan fingerprint density at radius 2 is 1.83 bits per heavy atom. The fraction of sp³-hybridized carbons (Fsp3) is 0.0769. The molecule has 18 heavy (non-hydrogen) atoms.